The van der Waals surface area contributed by atoms with Crippen LogP contribution in [0.1, 0.15) is 31.7 Å². The maximum Gasteiger partial charge on any atom is 0.00420 e. The summed E-state index contributed by atoms with van der Waals surface area (Å²) >= 11 is 0. The molecule has 0 saturated carbocycles. The van der Waals surface area contributed by atoms with E-state index in [0.717, 1.165) is 5.92 Å². The molecule has 1 aliphatic heterocycles. The van der Waals surface area contributed by atoms with E-state index in [1.807, 2.05) is 0 Å². The van der Waals surface area contributed by atoms with Crippen LogP contribution in [-0.4, -0.2) is 25.7 Å². The van der Waals surface area contributed by atoms with Gasteiger partial charge in [-0.05, 0) is 63.7 Å². The second kappa shape index (κ2) is 7.55. The quantitative estimate of drug-likeness (QED) is 0.806. The monoisotopic (exact) mass is 246 g/mol. The summed E-state index contributed by atoms with van der Waals surface area (Å²) in [4.78, 5) is 0. The molecule has 0 amide bonds. The van der Waals surface area contributed by atoms with Gasteiger partial charge in [0.2, 0.25) is 0 Å². The third-order valence-electron chi connectivity index (χ3n) is 3.92. The van der Waals surface area contributed by atoms with Gasteiger partial charge >= 0.3 is 0 Å². The van der Waals surface area contributed by atoms with Crippen LogP contribution in [0.25, 0.3) is 0 Å². The van der Waals surface area contributed by atoms with Crippen LogP contribution >= 0.6 is 0 Å². The van der Waals surface area contributed by atoms with Gasteiger partial charge in [-0.2, -0.15) is 0 Å². The first-order chi connectivity index (χ1) is 8.84. The molecule has 0 aliphatic carbocycles. The number of hydrogen-bond acceptors (Lipinski definition) is 2. The fraction of sp³-hybridized carbons (Fsp3) is 0.625. The molecule has 1 heterocycles. The van der Waals surface area contributed by atoms with Crippen molar-refractivity contribution in [3.63, 3.8) is 0 Å². The smallest absolute Gasteiger partial charge is 0.00420 e. The number of nitrogens with one attached hydrogen (secondary N) is 2. The highest BCUT2D eigenvalue weighted by Crippen LogP contribution is 2.11. The van der Waals surface area contributed by atoms with Crippen LogP contribution < -0.4 is 10.6 Å². The van der Waals surface area contributed by atoms with Crippen molar-refractivity contribution < 1.29 is 0 Å². The van der Waals surface area contributed by atoms with Gasteiger partial charge < -0.3 is 10.6 Å². The summed E-state index contributed by atoms with van der Waals surface area (Å²) in [5.74, 6) is 0.880. The average molecular weight is 246 g/mol. The van der Waals surface area contributed by atoms with E-state index in [1.54, 1.807) is 0 Å². The van der Waals surface area contributed by atoms with Gasteiger partial charge in [-0.15, -0.1) is 0 Å². The normalized spacial score (nSPS) is 18.7. The first kappa shape index (κ1) is 13.6. The van der Waals surface area contributed by atoms with Crippen molar-refractivity contribution in [2.45, 2.75) is 38.6 Å². The third-order valence-corrected chi connectivity index (χ3v) is 3.92. The third kappa shape index (κ3) is 4.79. The van der Waals surface area contributed by atoms with Crippen molar-refractivity contribution in [1.29, 1.82) is 0 Å². The Morgan fingerprint density at radius 2 is 1.94 bits per heavy atom. The largest absolute Gasteiger partial charge is 0.317 e. The van der Waals surface area contributed by atoms with Crippen molar-refractivity contribution in [1.82, 2.24) is 10.6 Å². The summed E-state index contributed by atoms with van der Waals surface area (Å²) in [5, 5.41) is 7.12. The molecule has 2 nitrogen and oxygen atoms in total. The molecule has 100 valence electrons. The predicted octanol–water partition coefficient (Wildman–Crippen LogP) is 2.60. The summed E-state index contributed by atoms with van der Waals surface area (Å²) < 4.78 is 0. The molecule has 0 bridgehead atoms. The highest BCUT2D eigenvalue weighted by molar-refractivity contribution is 5.14. The van der Waals surface area contributed by atoms with Crippen LogP contribution in [0.4, 0.5) is 0 Å². The summed E-state index contributed by atoms with van der Waals surface area (Å²) in [6.45, 7) is 5.90. The maximum absolute atomic E-state index is 3.69. The number of hydrogen-bond donors (Lipinski definition) is 2. The molecule has 2 N–H and O–H groups in total. The molecular formula is C16H26N2. The summed E-state index contributed by atoms with van der Waals surface area (Å²) in [6, 6.07) is 11.4. The van der Waals surface area contributed by atoms with E-state index in [0.29, 0.717) is 6.04 Å². The van der Waals surface area contributed by atoms with Crippen LogP contribution in [-0.2, 0) is 6.42 Å². The molecule has 1 aliphatic rings. The molecule has 2 rings (SSSR count). The summed E-state index contributed by atoms with van der Waals surface area (Å²) in [7, 11) is 0. The molecule has 1 unspecified atom stereocenters. The molecule has 18 heavy (non-hydrogen) atoms. The van der Waals surface area contributed by atoms with Gasteiger partial charge in [0.05, 0.1) is 0 Å². The molecule has 1 saturated heterocycles. The minimum atomic E-state index is 0.625. The Hall–Kier alpha value is -0.860. The van der Waals surface area contributed by atoms with Crippen LogP contribution in [0.5, 0.6) is 0 Å². The van der Waals surface area contributed by atoms with Crippen LogP contribution in [0.2, 0.25) is 0 Å². The SMILES string of the molecule is CC(CCc1ccccc1)NCC1CCNCC1. The topological polar surface area (TPSA) is 24.1 Å². The Balaban J connectivity index is 1.61. The zero-order valence-corrected chi connectivity index (χ0v) is 11.5. The lowest BCUT2D eigenvalue weighted by Gasteiger charge is -2.24. The zero-order valence-electron chi connectivity index (χ0n) is 11.5. The molecule has 1 atom stereocenters. The highest BCUT2D eigenvalue weighted by atomic mass is 14.9. The van der Waals surface area contributed by atoms with Crippen molar-refractivity contribution in [2.24, 2.45) is 5.92 Å². The standard InChI is InChI=1S/C16H26N2/c1-14(7-8-15-5-3-2-4-6-15)18-13-16-9-11-17-12-10-16/h2-6,14,16-18H,7-13H2,1H3. The average Bonchev–Trinajstić information content (AvgIpc) is 2.45. The fourth-order valence-corrected chi connectivity index (χ4v) is 2.58. The van der Waals surface area contributed by atoms with E-state index < -0.39 is 0 Å². The molecule has 0 spiro atoms. The van der Waals surface area contributed by atoms with E-state index in [2.05, 4.69) is 47.9 Å². The Bertz CT molecular complexity index is 317. The van der Waals surface area contributed by atoms with Crippen LogP contribution in [0.3, 0.4) is 0 Å². The zero-order chi connectivity index (χ0) is 12.6. The van der Waals surface area contributed by atoms with E-state index in [-0.39, 0.29) is 0 Å². The van der Waals surface area contributed by atoms with Crippen molar-refractivity contribution in [3.8, 4) is 0 Å². The Morgan fingerprint density at radius 3 is 2.67 bits per heavy atom. The second-order valence-electron chi connectivity index (χ2n) is 5.53. The van der Waals surface area contributed by atoms with Gasteiger partial charge in [0, 0.05) is 6.04 Å². The molecule has 1 fully saturated rings. The van der Waals surface area contributed by atoms with E-state index >= 15 is 0 Å². The Kier molecular flexibility index (Phi) is 5.69. The van der Waals surface area contributed by atoms with Gasteiger partial charge in [0.25, 0.3) is 0 Å². The molecule has 1 aromatic rings. The first-order valence-corrected chi connectivity index (χ1v) is 7.32. The van der Waals surface area contributed by atoms with Crippen molar-refractivity contribution >= 4 is 0 Å². The lowest BCUT2D eigenvalue weighted by Crippen LogP contribution is -2.37. The summed E-state index contributed by atoms with van der Waals surface area (Å²) in [5.41, 5.74) is 1.45. The lowest BCUT2D eigenvalue weighted by atomic mass is 9.97. The van der Waals surface area contributed by atoms with E-state index in [1.165, 1.54) is 50.9 Å². The number of piperidine rings is 1. The first-order valence-electron chi connectivity index (χ1n) is 7.32. The molecule has 1 aromatic carbocycles. The van der Waals surface area contributed by atoms with E-state index in [9.17, 15) is 0 Å². The van der Waals surface area contributed by atoms with Gasteiger partial charge in [0.15, 0.2) is 0 Å². The van der Waals surface area contributed by atoms with Crippen molar-refractivity contribution in [3.05, 3.63) is 35.9 Å². The minimum absolute atomic E-state index is 0.625. The number of rotatable bonds is 6. The number of aryl methyl sites for hydroxylation is 1. The molecule has 0 radical (unpaired) electrons. The van der Waals surface area contributed by atoms with Gasteiger partial charge in [0.1, 0.15) is 0 Å². The fourth-order valence-electron chi connectivity index (χ4n) is 2.58. The van der Waals surface area contributed by atoms with Crippen LogP contribution in [0.15, 0.2) is 30.3 Å². The van der Waals surface area contributed by atoms with Gasteiger partial charge in [-0.1, -0.05) is 30.3 Å². The highest BCUT2D eigenvalue weighted by Gasteiger charge is 2.13. The maximum atomic E-state index is 3.69. The summed E-state index contributed by atoms with van der Waals surface area (Å²) in [6.07, 6.45) is 5.08. The Labute approximate surface area is 111 Å². The van der Waals surface area contributed by atoms with E-state index in [4.69, 9.17) is 0 Å². The lowest BCUT2D eigenvalue weighted by molar-refractivity contribution is 0.339. The van der Waals surface area contributed by atoms with Crippen molar-refractivity contribution in [2.75, 3.05) is 19.6 Å². The predicted molar refractivity (Wildman–Crippen MR) is 77.8 cm³/mol. The second-order valence-corrected chi connectivity index (χ2v) is 5.53. The minimum Gasteiger partial charge on any atom is -0.317 e. The Morgan fingerprint density at radius 1 is 1.22 bits per heavy atom. The van der Waals surface area contributed by atoms with Gasteiger partial charge in [-0.3, -0.25) is 0 Å². The molecule has 2 heteroatoms. The molecule has 0 aromatic heterocycles. The van der Waals surface area contributed by atoms with Crippen LogP contribution in [0, 0.1) is 5.92 Å². The van der Waals surface area contributed by atoms with Gasteiger partial charge in [-0.25, -0.2) is 0 Å². The number of benzene rings is 1. The molecular weight excluding hydrogens is 220 g/mol.